The van der Waals surface area contributed by atoms with Gasteiger partial charge in [0.2, 0.25) is 0 Å². The molecule has 6 nitrogen and oxygen atoms in total. The van der Waals surface area contributed by atoms with Gasteiger partial charge in [0, 0.05) is 55.9 Å². The standard InChI is InChI=1S/C22H27N5O/c1-2-3-13-26-15-12-25-21(26)17-7-6-14-27(16-17)22(28)19-9-5-4-8-18(19)20-23-10-11-24-20/h4-5,8-12,15,17H,2-3,6-7,13-14,16H2,1H3,(H,23,24)/t17-/m0/s1. The second-order valence-corrected chi connectivity index (χ2v) is 7.41. The van der Waals surface area contributed by atoms with Crippen LogP contribution in [0.25, 0.3) is 11.4 Å². The Morgan fingerprint density at radius 3 is 2.96 bits per heavy atom. The van der Waals surface area contributed by atoms with Crippen LogP contribution >= 0.6 is 0 Å². The van der Waals surface area contributed by atoms with Crippen LogP contribution in [0, 0.1) is 0 Å². The van der Waals surface area contributed by atoms with Crippen LogP contribution in [0.4, 0.5) is 0 Å². The van der Waals surface area contributed by atoms with Crippen LogP contribution in [0.1, 0.15) is 54.7 Å². The van der Waals surface area contributed by atoms with Crippen molar-refractivity contribution in [3.8, 4) is 11.4 Å². The van der Waals surface area contributed by atoms with Gasteiger partial charge in [0.25, 0.3) is 5.91 Å². The van der Waals surface area contributed by atoms with Gasteiger partial charge < -0.3 is 14.5 Å². The van der Waals surface area contributed by atoms with Crippen molar-refractivity contribution < 1.29 is 4.79 Å². The Morgan fingerprint density at radius 2 is 2.14 bits per heavy atom. The number of nitrogens with zero attached hydrogens (tertiary/aromatic N) is 4. The molecule has 0 radical (unpaired) electrons. The average molecular weight is 377 g/mol. The molecule has 6 heteroatoms. The minimum atomic E-state index is 0.0726. The zero-order valence-electron chi connectivity index (χ0n) is 16.3. The Morgan fingerprint density at radius 1 is 1.25 bits per heavy atom. The molecule has 1 aromatic carbocycles. The Labute approximate surface area is 165 Å². The summed E-state index contributed by atoms with van der Waals surface area (Å²) in [6, 6.07) is 7.70. The molecule has 1 saturated heterocycles. The Kier molecular flexibility index (Phi) is 5.55. The lowest BCUT2D eigenvalue weighted by Crippen LogP contribution is -2.40. The van der Waals surface area contributed by atoms with Crippen LogP contribution < -0.4 is 0 Å². The highest BCUT2D eigenvalue weighted by atomic mass is 16.2. The van der Waals surface area contributed by atoms with E-state index in [4.69, 9.17) is 0 Å². The van der Waals surface area contributed by atoms with Gasteiger partial charge in [-0.1, -0.05) is 31.5 Å². The zero-order valence-corrected chi connectivity index (χ0v) is 16.3. The minimum absolute atomic E-state index is 0.0726. The molecule has 0 saturated carbocycles. The number of hydrogen-bond acceptors (Lipinski definition) is 3. The number of aryl methyl sites for hydroxylation is 1. The highest BCUT2D eigenvalue weighted by molar-refractivity contribution is 6.00. The molecule has 28 heavy (non-hydrogen) atoms. The number of aromatic nitrogens is 4. The van der Waals surface area contributed by atoms with Gasteiger partial charge in [-0.15, -0.1) is 0 Å². The predicted octanol–water partition coefficient (Wildman–Crippen LogP) is 4.09. The second kappa shape index (κ2) is 8.42. The summed E-state index contributed by atoms with van der Waals surface area (Å²) < 4.78 is 2.26. The number of unbranched alkanes of at least 4 members (excludes halogenated alkanes) is 1. The molecule has 4 rings (SSSR count). The molecule has 3 heterocycles. The van der Waals surface area contributed by atoms with Crippen molar-refractivity contribution in [2.45, 2.75) is 45.1 Å². The number of carbonyl (C=O) groups excluding carboxylic acids is 1. The summed E-state index contributed by atoms with van der Waals surface area (Å²) in [5.74, 6) is 2.21. The van der Waals surface area contributed by atoms with Crippen molar-refractivity contribution in [1.82, 2.24) is 24.4 Å². The Bertz CT molecular complexity index is 915. The monoisotopic (exact) mass is 377 g/mol. The lowest BCUT2D eigenvalue weighted by molar-refractivity contribution is 0.0704. The number of carbonyl (C=O) groups is 1. The van der Waals surface area contributed by atoms with Crippen molar-refractivity contribution in [3.63, 3.8) is 0 Å². The first kappa shape index (κ1) is 18.5. The SMILES string of the molecule is CCCCn1ccnc1[C@H]1CCCN(C(=O)c2ccccc2-c2ncc[nH]2)C1. The third-order valence-corrected chi connectivity index (χ3v) is 5.48. The predicted molar refractivity (Wildman–Crippen MR) is 109 cm³/mol. The normalized spacial score (nSPS) is 17.0. The highest BCUT2D eigenvalue weighted by Gasteiger charge is 2.29. The maximum absolute atomic E-state index is 13.3. The average Bonchev–Trinajstić information content (AvgIpc) is 3.44. The van der Waals surface area contributed by atoms with E-state index >= 15 is 0 Å². The van der Waals surface area contributed by atoms with Gasteiger partial charge >= 0.3 is 0 Å². The lowest BCUT2D eigenvalue weighted by atomic mass is 9.95. The van der Waals surface area contributed by atoms with Crippen LogP contribution in [0.15, 0.2) is 49.1 Å². The van der Waals surface area contributed by atoms with Crippen LogP contribution in [0.2, 0.25) is 0 Å². The third kappa shape index (κ3) is 3.72. The fourth-order valence-electron chi connectivity index (χ4n) is 4.03. The largest absolute Gasteiger partial charge is 0.345 e. The van der Waals surface area contributed by atoms with Crippen LogP contribution in [0.3, 0.4) is 0 Å². The van der Waals surface area contributed by atoms with E-state index in [0.29, 0.717) is 18.0 Å². The molecule has 1 aliphatic heterocycles. The van der Waals surface area contributed by atoms with Crippen molar-refractivity contribution >= 4 is 5.91 Å². The Balaban J connectivity index is 1.55. The topological polar surface area (TPSA) is 66.8 Å². The van der Waals surface area contributed by atoms with Crippen molar-refractivity contribution in [1.29, 1.82) is 0 Å². The number of amides is 1. The van der Waals surface area contributed by atoms with E-state index in [9.17, 15) is 4.79 Å². The third-order valence-electron chi connectivity index (χ3n) is 5.48. The van der Waals surface area contributed by atoms with E-state index in [1.165, 1.54) is 0 Å². The molecular weight excluding hydrogens is 350 g/mol. The minimum Gasteiger partial charge on any atom is -0.345 e. The molecule has 0 bridgehead atoms. The number of aromatic amines is 1. The van der Waals surface area contributed by atoms with Gasteiger partial charge in [-0.2, -0.15) is 0 Å². The molecule has 0 aliphatic carbocycles. The van der Waals surface area contributed by atoms with Gasteiger partial charge in [-0.05, 0) is 25.3 Å². The van der Waals surface area contributed by atoms with Crippen molar-refractivity contribution in [3.05, 3.63) is 60.4 Å². The quantitative estimate of drug-likeness (QED) is 0.703. The number of H-pyrrole nitrogens is 1. The lowest BCUT2D eigenvalue weighted by Gasteiger charge is -2.33. The van der Waals surface area contributed by atoms with Crippen LogP contribution in [0.5, 0.6) is 0 Å². The second-order valence-electron chi connectivity index (χ2n) is 7.41. The molecule has 1 N–H and O–H groups in total. The molecule has 1 amide bonds. The van der Waals surface area contributed by atoms with Crippen molar-refractivity contribution in [2.24, 2.45) is 0 Å². The maximum atomic E-state index is 13.3. The maximum Gasteiger partial charge on any atom is 0.254 e. The highest BCUT2D eigenvalue weighted by Crippen LogP contribution is 2.29. The van der Waals surface area contributed by atoms with Gasteiger partial charge in [0.15, 0.2) is 0 Å². The molecule has 146 valence electrons. The molecule has 1 atom stereocenters. The van der Waals surface area contributed by atoms with Crippen LogP contribution in [-0.2, 0) is 6.54 Å². The molecule has 3 aromatic rings. The number of benzene rings is 1. The molecule has 2 aromatic heterocycles. The molecule has 0 unspecified atom stereocenters. The van der Waals surface area contributed by atoms with E-state index in [1.54, 1.807) is 12.4 Å². The summed E-state index contributed by atoms with van der Waals surface area (Å²) in [6.45, 7) is 4.71. The van der Waals surface area contributed by atoms with Gasteiger partial charge in [-0.25, -0.2) is 9.97 Å². The molecule has 0 spiro atoms. The number of rotatable bonds is 6. The summed E-state index contributed by atoms with van der Waals surface area (Å²) >= 11 is 0. The number of nitrogens with one attached hydrogen (secondary N) is 1. The van der Waals surface area contributed by atoms with Crippen LogP contribution in [-0.4, -0.2) is 43.4 Å². The summed E-state index contributed by atoms with van der Waals surface area (Å²) in [7, 11) is 0. The van der Waals surface area contributed by atoms with E-state index < -0.39 is 0 Å². The van der Waals surface area contributed by atoms with Gasteiger partial charge in [0.1, 0.15) is 11.6 Å². The fraction of sp³-hybridized carbons (Fsp3) is 0.409. The number of piperidine rings is 1. The molecule has 1 fully saturated rings. The van der Waals surface area contributed by atoms with E-state index in [1.807, 2.05) is 35.4 Å². The summed E-state index contributed by atoms with van der Waals surface area (Å²) in [4.78, 5) is 27.4. The first-order valence-corrected chi connectivity index (χ1v) is 10.2. The fourth-order valence-corrected chi connectivity index (χ4v) is 4.03. The van der Waals surface area contributed by atoms with Gasteiger partial charge in [0.05, 0.1) is 5.56 Å². The first-order chi connectivity index (χ1) is 13.8. The number of hydrogen-bond donors (Lipinski definition) is 1. The first-order valence-electron chi connectivity index (χ1n) is 10.2. The van der Waals surface area contributed by atoms with E-state index in [0.717, 1.165) is 56.0 Å². The summed E-state index contributed by atoms with van der Waals surface area (Å²) in [6.07, 6.45) is 11.8. The van der Waals surface area contributed by atoms with E-state index in [-0.39, 0.29) is 5.91 Å². The van der Waals surface area contributed by atoms with Crippen molar-refractivity contribution in [2.75, 3.05) is 13.1 Å². The summed E-state index contributed by atoms with van der Waals surface area (Å²) in [5.41, 5.74) is 1.55. The Hall–Kier alpha value is -2.89. The summed E-state index contributed by atoms with van der Waals surface area (Å²) in [5, 5.41) is 0. The molecule has 1 aliphatic rings. The van der Waals surface area contributed by atoms with E-state index in [2.05, 4.69) is 32.6 Å². The number of likely N-dealkylation sites (tertiary alicyclic amines) is 1. The van der Waals surface area contributed by atoms with Gasteiger partial charge in [-0.3, -0.25) is 4.79 Å². The smallest absolute Gasteiger partial charge is 0.254 e. The zero-order chi connectivity index (χ0) is 19.3. The molecular formula is C22H27N5O. The number of imidazole rings is 2.